The summed E-state index contributed by atoms with van der Waals surface area (Å²) in [6.45, 7) is 5.63. The fourth-order valence-electron chi connectivity index (χ4n) is 1.84. The van der Waals surface area contributed by atoms with Crippen molar-refractivity contribution < 1.29 is 9.59 Å². The third-order valence-corrected chi connectivity index (χ3v) is 3.21. The van der Waals surface area contributed by atoms with Gasteiger partial charge in [0.25, 0.3) is 0 Å². The summed E-state index contributed by atoms with van der Waals surface area (Å²) in [6, 6.07) is 7.02. The summed E-state index contributed by atoms with van der Waals surface area (Å²) in [5.74, 6) is -0.0104. The lowest BCUT2D eigenvalue weighted by molar-refractivity contribution is 0.101. The first-order chi connectivity index (χ1) is 8.95. The lowest BCUT2D eigenvalue weighted by atomic mass is 10.1. The van der Waals surface area contributed by atoms with E-state index >= 15 is 0 Å². The van der Waals surface area contributed by atoms with Crippen LogP contribution in [-0.2, 0) is 0 Å². The van der Waals surface area contributed by atoms with Crippen molar-refractivity contribution in [1.82, 2.24) is 4.90 Å². The third kappa shape index (κ3) is 4.39. The minimum Gasteiger partial charge on any atom is -0.325 e. The van der Waals surface area contributed by atoms with Gasteiger partial charge in [-0.25, -0.2) is 4.79 Å². The van der Waals surface area contributed by atoms with Gasteiger partial charge in [0.2, 0.25) is 0 Å². The number of carbonyl (C=O) groups excluding carboxylic acids is 2. The molecular weight excluding hydrogens is 240 g/mol. The molecule has 0 saturated heterocycles. The summed E-state index contributed by atoms with van der Waals surface area (Å²) in [5, 5.41) is 2.81. The second-order valence-corrected chi connectivity index (χ2v) is 4.82. The highest BCUT2D eigenvalue weighted by Gasteiger charge is 2.15. The van der Waals surface area contributed by atoms with Gasteiger partial charge < -0.3 is 10.2 Å². The summed E-state index contributed by atoms with van der Waals surface area (Å²) in [7, 11) is 1.78. The van der Waals surface area contributed by atoms with Gasteiger partial charge in [0.05, 0.1) is 0 Å². The van der Waals surface area contributed by atoms with Gasteiger partial charge in [-0.2, -0.15) is 0 Å². The second kappa shape index (κ2) is 6.92. The van der Waals surface area contributed by atoms with Crippen LogP contribution in [0.15, 0.2) is 24.3 Å². The van der Waals surface area contributed by atoms with Gasteiger partial charge in [0.1, 0.15) is 0 Å². The molecule has 1 aromatic carbocycles. The van der Waals surface area contributed by atoms with Crippen molar-refractivity contribution in [2.45, 2.75) is 39.7 Å². The smallest absolute Gasteiger partial charge is 0.321 e. The number of amides is 2. The van der Waals surface area contributed by atoms with Gasteiger partial charge >= 0.3 is 6.03 Å². The van der Waals surface area contributed by atoms with Crippen molar-refractivity contribution in [3.8, 4) is 0 Å². The Bertz CT molecular complexity index is 457. The first-order valence-corrected chi connectivity index (χ1v) is 6.60. The van der Waals surface area contributed by atoms with E-state index in [2.05, 4.69) is 12.2 Å². The van der Waals surface area contributed by atoms with E-state index < -0.39 is 0 Å². The Hall–Kier alpha value is -1.84. The second-order valence-electron chi connectivity index (χ2n) is 4.82. The SMILES string of the molecule is CCCC(C)N(C)C(=O)Nc1cccc(C(C)=O)c1. The minimum atomic E-state index is -0.151. The number of hydrogen-bond donors (Lipinski definition) is 1. The molecule has 0 saturated carbocycles. The van der Waals surface area contributed by atoms with Crippen molar-refractivity contribution in [1.29, 1.82) is 0 Å². The molecule has 0 radical (unpaired) electrons. The molecule has 4 heteroatoms. The summed E-state index contributed by atoms with van der Waals surface area (Å²) >= 11 is 0. The van der Waals surface area contributed by atoms with Crippen LogP contribution in [-0.4, -0.2) is 29.8 Å². The van der Waals surface area contributed by atoms with E-state index in [-0.39, 0.29) is 17.9 Å². The number of anilines is 1. The summed E-state index contributed by atoms with van der Waals surface area (Å²) in [6.07, 6.45) is 2.01. The maximum Gasteiger partial charge on any atom is 0.321 e. The lowest BCUT2D eigenvalue weighted by Crippen LogP contribution is -2.38. The number of carbonyl (C=O) groups is 2. The predicted molar refractivity (Wildman–Crippen MR) is 77.6 cm³/mol. The Morgan fingerprint density at radius 3 is 2.63 bits per heavy atom. The molecule has 0 spiro atoms. The van der Waals surface area contributed by atoms with Gasteiger partial charge in [0, 0.05) is 24.3 Å². The lowest BCUT2D eigenvalue weighted by Gasteiger charge is -2.25. The monoisotopic (exact) mass is 262 g/mol. The van der Waals surface area contributed by atoms with Crippen molar-refractivity contribution in [2.24, 2.45) is 0 Å². The molecule has 0 heterocycles. The minimum absolute atomic E-state index is 0.0104. The van der Waals surface area contributed by atoms with Gasteiger partial charge in [-0.1, -0.05) is 25.5 Å². The van der Waals surface area contributed by atoms with Gasteiger partial charge in [-0.05, 0) is 32.4 Å². The zero-order valence-corrected chi connectivity index (χ0v) is 12.1. The number of nitrogens with zero attached hydrogens (tertiary/aromatic N) is 1. The van der Waals surface area contributed by atoms with Crippen LogP contribution in [0, 0.1) is 0 Å². The van der Waals surface area contributed by atoms with Crippen LogP contribution in [0.5, 0.6) is 0 Å². The molecule has 0 fully saturated rings. The number of hydrogen-bond acceptors (Lipinski definition) is 2. The van der Waals surface area contributed by atoms with Crippen LogP contribution in [0.25, 0.3) is 0 Å². The molecule has 0 aliphatic carbocycles. The van der Waals surface area contributed by atoms with E-state index in [4.69, 9.17) is 0 Å². The van der Waals surface area contributed by atoms with Gasteiger partial charge in [-0.15, -0.1) is 0 Å². The number of rotatable bonds is 5. The van der Waals surface area contributed by atoms with Crippen LogP contribution >= 0.6 is 0 Å². The van der Waals surface area contributed by atoms with E-state index in [0.29, 0.717) is 11.3 Å². The maximum absolute atomic E-state index is 12.0. The Labute approximate surface area is 114 Å². The molecule has 1 rings (SSSR count). The molecule has 1 N–H and O–H groups in total. The highest BCUT2D eigenvalue weighted by molar-refractivity contribution is 5.96. The molecule has 0 aromatic heterocycles. The Morgan fingerprint density at radius 2 is 2.05 bits per heavy atom. The Balaban J connectivity index is 2.71. The van der Waals surface area contributed by atoms with E-state index in [9.17, 15) is 9.59 Å². The van der Waals surface area contributed by atoms with Crippen molar-refractivity contribution in [3.63, 3.8) is 0 Å². The van der Waals surface area contributed by atoms with Crippen LogP contribution < -0.4 is 5.32 Å². The summed E-state index contributed by atoms with van der Waals surface area (Å²) in [5.41, 5.74) is 1.25. The predicted octanol–water partition coefficient (Wildman–Crippen LogP) is 3.54. The van der Waals surface area contributed by atoms with E-state index in [1.807, 2.05) is 6.92 Å². The molecule has 4 nitrogen and oxygen atoms in total. The van der Waals surface area contributed by atoms with E-state index in [1.165, 1.54) is 6.92 Å². The maximum atomic E-state index is 12.0. The number of benzene rings is 1. The van der Waals surface area contributed by atoms with Crippen LogP contribution in [0.4, 0.5) is 10.5 Å². The third-order valence-electron chi connectivity index (χ3n) is 3.21. The van der Waals surface area contributed by atoms with Gasteiger partial charge in [0.15, 0.2) is 5.78 Å². The highest BCUT2D eigenvalue weighted by atomic mass is 16.2. The number of urea groups is 1. The molecule has 0 aliphatic heterocycles. The van der Waals surface area contributed by atoms with Crippen molar-refractivity contribution >= 4 is 17.5 Å². The average molecular weight is 262 g/mol. The first-order valence-electron chi connectivity index (χ1n) is 6.60. The summed E-state index contributed by atoms with van der Waals surface area (Å²) in [4.78, 5) is 25.0. The highest BCUT2D eigenvalue weighted by Crippen LogP contribution is 2.13. The standard InChI is InChI=1S/C15H22N2O2/c1-5-7-11(2)17(4)15(19)16-14-9-6-8-13(10-14)12(3)18/h6,8-11H,5,7H2,1-4H3,(H,16,19). The topological polar surface area (TPSA) is 49.4 Å². The number of Topliss-reactive ketones (excluding diaryl/α,β-unsaturated/α-hetero) is 1. The van der Waals surface area contributed by atoms with Crippen molar-refractivity contribution in [3.05, 3.63) is 29.8 Å². The summed E-state index contributed by atoms with van der Waals surface area (Å²) < 4.78 is 0. The molecule has 2 amide bonds. The average Bonchev–Trinajstić information content (AvgIpc) is 2.38. The molecule has 1 unspecified atom stereocenters. The van der Waals surface area contributed by atoms with Crippen LogP contribution in [0.2, 0.25) is 0 Å². The Kier molecular flexibility index (Phi) is 5.55. The normalized spacial score (nSPS) is 11.8. The molecule has 104 valence electrons. The van der Waals surface area contributed by atoms with E-state index in [0.717, 1.165) is 12.8 Å². The van der Waals surface area contributed by atoms with Crippen molar-refractivity contribution in [2.75, 3.05) is 12.4 Å². The fourth-order valence-corrected chi connectivity index (χ4v) is 1.84. The van der Waals surface area contributed by atoms with E-state index in [1.54, 1.807) is 36.2 Å². The Morgan fingerprint density at radius 1 is 1.37 bits per heavy atom. The van der Waals surface area contributed by atoms with Gasteiger partial charge in [-0.3, -0.25) is 4.79 Å². The zero-order chi connectivity index (χ0) is 14.4. The molecular formula is C15H22N2O2. The molecule has 0 bridgehead atoms. The molecule has 1 atom stereocenters. The number of ketones is 1. The number of nitrogens with one attached hydrogen (secondary N) is 1. The quantitative estimate of drug-likeness (QED) is 0.825. The molecule has 1 aromatic rings. The fraction of sp³-hybridized carbons (Fsp3) is 0.467. The zero-order valence-electron chi connectivity index (χ0n) is 12.1. The first kappa shape index (κ1) is 15.2. The molecule has 19 heavy (non-hydrogen) atoms. The largest absolute Gasteiger partial charge is 0.325 e. The van der Waals surface area contributed by atoms with Crippen LogP contribution in [0.1, 0.15) is 44.0 Å². The molecule has 0 aliphatic rings. The van der Waals surface area contributed by atoms with Crippen LogP contribution in [0.3, 0.4) is 0 Å².